The minimum Gasteiger partial charge on any atom is -0.337 e. The molecule has 1 aromatic rings. The number of carbonyl (C=O) groups is 1. The number of aryl methyl sites for hydroxylation is 1. The SMILES string of the molecule is Cc1cc(Br)c(C(=O)N2CCC[C@@H](N)C2)cc1F. The highest BCUT2D eigenvalue weighted by molar-refractivity contribution is 9.10. The molecule has 2 N–H and O–H groups in total. The van der Waals surface area contributed by atoms with Gasteiger partial charge in [0.1, 0.15) is 5.82 Å². The second kappa shape index (κ2) is 5.36. The zero-order chi connectivity index (χ0) is 13.3. The van der Waals surface area contributed by atoms with Crippen LogP contribution in [0.25, 0.3) is 0 Å². The van der Waals surface area contributed by atoms with Crippen molar-refractivity contribution in [2.75, 3.05) is 13.1 Å². The molecule has 1 aromatic carbocycles. The van der Waals surface area contributed by atoms with Gasteiger partial charge in [-0.15, -0.1) is 0 Å². The largest absolute Gasteiger partial charge is 0.337 e. The number of rotatable bonds is 1. The topological polar surface area (TPSA) is 46.3 Å². The molecular formula is C13H16BrFN2O. The molecule has 1 aliphatic heterocycles. The third kappa shape index (κ3) is 2.72. The number of benzene rings is 1. The number of hydrogen-bond acceptors (Lipinski definition) is 2. The van der Waals surface area contributed by atoms with Crippen molar-refractivity contribution >= 4 is 21.8 Å². The summed E-state index contributed by atoms with van der Waals surface area (Å²) in [5.41, 5.74) is 6.74. The fourth-order valence-corrected chi connectivity index (χ4v) is 2.80. The molecule has 0 aromatic heterocycles. The third-order valence-electron chi connectivity index (χ3n) is 3.22. The lowest BCUT2D eigenvalue weighted by atomic mass is 10.0. The minimum atomic E-state index is -0.358. The van der Waals surface area contributed by atoms with Crippen LogP contribution in [-0.2, 0) is 0 Å². The van der Waals surface area contributed by atoms with Crippen LogP contribution in [0.2, 0.25) is 0 Å². The summed E-state index contributed by atoms with van der Waals surface area (Å²) in [6.45, 7) is 2.90. The highest BCUT2D eigenvalue weighted by atomic mass is 79.9. The van der Waals surface area contributed by atoms with E-state index in [-0.39, 0.29) is 17.8 Å². The molecule has 0 spiro atoms. The Morgan fingerprint density at radius 1 is 1.56 bits per heavy atom. The summed E-state index contributed by atoms with van der Waals surface area (Å²) in [6, 6.07) is 2.95. The standard InChI is InChI=1S/C13H16BrFN2O/c1-8-5-11(14)10(6-12(8)15)13(18)17-4-2-3-9(16)7-17/h5-6,9H,2-4,7,16H2,1H3/t9-/m1/s1. The Bertz CT molecular complexity index is 478. The van der Waals surface area contributed by atoms with Gasteiger partial charge < -0.3 is 10.6 Å². The van der Waals surface area contributed by atoms with E-state index in [0.717, 1.165) is 12.8 Å². The molecule has 98 valence electrons. The Morgan fingerprint density at radius 2 is 2.28 bits per heavy atom. The van der Waals surface area contributed by atoms with Gasteiger partial charge in [0.2, 0.25) is 0 Å². The zero-order valence-corrected chi connectivity index (χ0v) is 11.8. The Labute approximate surface area is 114 Å². The van der Waals surface area contributed by atoms with Crippen LogP contribution in [0, 0.1) is 12.7 Å². The summed E-state index contributed by atoms with van der Waals surface area (Å²) < 4.78 is 14.2. The Kier molecular flexibility index (Phi) is 4.02. The van der Waals surface area contributed by atoms with E-state index in [1.54, 1.807) is 17.9 Å². The second-order valence-corrected chi connectivity index (χ2v) is 5.59. The number of nitrogens with two attached hydrogens (primary N) is 1. The maximum absolute atomic E-state index is 13.5. The number of nitrogens with zero attached hydrogens (tertiary/aromatic N) is 1. The van der Waals surface area contributed by atoms with Gasteiger partial charge in [-0.3, -0.25) is 4.79 Å². The molecule has 1 amide bonds. The number of hydrogen-bond donors (Lipinski definition) is 1. The van der Waals surface area contributed by atoms with E-state index < -0.39 is 0 Å². The normalized spacial score (nSPS) is 20.0. The first-order valence-corrected chi connectivity index (χ1v) is 6.79. The average Bonchev–Trinajstić information content (AvgIpc) is 2.33. The first kappa shape index (κ1) is 13.5. The molecule has 2 rings (SSSR count). The van der Waals surface area contributed by atoms with Gasteiger partial charge >= 0.3 is 0 Å². The number of halogens is 2. The molecule has 0 unspecified atom stereocenters. The van der Waals surface area contributed by atoms with Gasteiger partial charge in [-0.05, 0) is 53.4 Å². The molecule has 3 nitrogen and oxygen atoms in total. The van der Waals surface area contributed by atoms with Crippen LogP contribution in [0.1, 0.15) is 28.8 Å². The van der Waals surface area contributed by atoms with Gasteiger partial charge in [-0.25, -0.2) is 4.39 Å². The van der Waals surface area contributed by atoms with Gasteiger partial charge in [0, 0.05) is 23.6 Å². The third-order valence-corrected chi connectivity index (χ3v) is 3.88. The first-order chi connectivity index (χ1) is 8.49. The van der Waals surface area contributed by atoms with Crippen LogP contribution in [0.4, 0.5) is 4.39 Å². The minimum absolute atomic E-state index is 0.0248. The second-order valence-electron chi connectivity index (χ2n) is 4.73. The summed E-state index contributed by atoms with van der Waals surface area (Å²) in [7, 11) is 0. The van der Waals surface area contributed by atoms with Crippen molar-refractivity contribution in [3.63, 3.8) is 0 Å². The van der Waals surface area contributed by atoms with E-state index in [9.17, 15) is 9.18 Å². The van der Waals surface area contributed by atoms with Crippen LogP contribution in [0.15, 0.2) is 16.6 Å². The fraction of sp³-hybridized carbons (Fsp3) is 0.462. The van der Waals surface area contributed by atoms with Crippen molar-refractivity contribution in [1.82, 2.24) is 4.90 Å². The molecule has 1 fully saturated rings. The van der Waals surface area contributed by atoms with E-state index >= 15 is 0 Å². The number of amides is 1. The molecule has 1 heterocycles. The molecule has 0 saturated carbocycles. The predicted molar refractivity (Wildman–Crippen MR) is 71.9 cm³/mol. The van der Waals surface area contributed by atoms with Gasteiger partial charge in [0.05, 0.1) is 5.56 Å². The molecule has 18 heavy (non-hydrogen) atoms. The highest BCUT2D eigenvalue weighted by Gasteiger charge is 2.24. The molecule has 1 aliphatic rings. The van der Waals surface area contributed by atoms with Crippen LogP contribution < -0.4 is 5.73 Å². The Balaban J connectivity index is 2.25. The molecule has 0 radical (unpaired) electrons. The summed E-state index contributed by atoms with van der Waals surface area (Å²) in [4.78, 5) is 14.0. The number of piperidine rings is 1. The van der Waals surface area contributed by atoms with E-state index in [1.165, 1.54) is 6.07 Å². The van der Waals surface area contributed by atoms with Crippen molar-refractivity contribution < 1.29 is 9.18 Å². The van der Waals surface area contributed by atoms with Crippen molar-refractivity contribution in [2.24, 2.45) is 5.73 Å². The van der Waals surface area contributed by atoms with E-state index in [0.29, 0.717) is 28.7 Å². The molecular weight excluding hydrogens is 299 g/mol. The van der Waals surface area contributed by atoms with E-state index in [2.05, 4.69) is 15.9 Å². The van der Waals surface area contributed by atoms with Crippen molar-refractivity contribution in [2.45, 2.75) is 25.8 Å². The van der Waals surface area contributed by atoms with Gasteiger partial charge in [0.15, 0.2) is 0 Å². The van der Waals surface area contributed by atoms with Crippen LogP contribution in [-0.4, -0.2) is 29.9 Å². The summed E-state index contributed by atoms with van der Waals surface area (Å²) in [6.07, 6.45) is 1.84. The van der Waals surface area contributed by atoms with Crippen molar-refractivity contribution in [3.8, 4) is 0 Å². The van der Waals surface area contributed by atoms with Crippen LogP contribution in [0.3, 0.4) is 0 Å². The monoisotopic (exact) mass is 314 g/mol. The number of likely N-dealkylation sites (tertiary alicyclic amines) is 1. The maximum atomic E-state index is 13.5. The van der Waals surface area contributed by atoms with Crippen LogP contribution >= 0.6 is 15.9 Å². The van der Waals surface area contributed by atoms with Gasteiger partial charge in [0.25, 0.3) is 5.91 Å². The zero-order valence-electron chi connectivity index (χ0n) is 10.2. The summed E-state index contributed by atoms with van der Waals surface area (Å²) in [5, 5.41) is 0. The van der Waals surface area contributed by atoms with E-state index in [4.69, 9.17) is 5.73 Å². The first-order valence-electron chi connectivity index (χ1n) is 5.99. The van der Waals surface area contributed by atoms with Gasteiger partial charge in [-0.1, -0.05) is 0 Å². The maximum Gasteiger partial charge on any atom is 0.255 e. The molecule has 0 aliphatic carbocycles. The quantitative estimate of drug-likeness (QED) is 0.865. The summed E-state index contributed by atoms with van der Waals surface area (Å²) in [5.74, 6) is -0.515. The smallest absolute Gasteiger partial charge is 0.255 e. The van der Waals surface area contributed by atoms with E-state index in [1.807, 2.05) is 0 Å². The average molecular weight is 315 g/mol. The molecule has 0 bridgehead atoms. The number of carbonyl (C=O) groups excluding carboxylic acids is 1. The molecule has 5 heteroatoms. The van der Waals surface area contributed by atoms with Crippen molar-refractivity contribution in [1.29, 1.82) is 0 Å². The molecule has 1 atom stereocenters. The predicted octanol–water partition coefficient (Wildman–Crippen LogP) is 2.46. The van der Waals surface area contributed by atoms with Crippen LogP contribution in [0.5, 0.6) is 0 Å². The lowest BCUT2D eigenvalue weighted by molar-refractivity contribution is 0.0707. The lowest BCUT2D eigenvalue weighted by Crippen LogP contribution is -2.45. The van der Waals surface area contributed by atoms with Gasteiger partial charge in [-0.2, -0.15) is 0 Å². The lowest BCUT2D eigenvalue weighted by Gasteiger charge is -2.31. The molecule has 1 saturated heterocycles. The van der Waals surface area contributed by atoms with Crippen molar-refractivity contribution in [3.05, 3.63) is 33.5 Å². The summed E-state index contributed by atoms with van der Waals surface area (Å²) >= 11 is 3.32. The fourth-order valence-electron chi connectivity index (χ4n) is 2.17. The Morgan fingerprint density at radius 3 is 2.94 bits per heavy atom. The Hall–Kier alpha value is -0.940. The highest BCUT2D eigenvalue weighted by Crippen LogP contribution is 2.23.